The first-order valence-electron chi connectivity index (χ1n) is 7.49. The Morgan fingerprint density at radius 3 is 2.77 bits per heavy atom. The summed E-state index contributed by atoms with van der Waals surface area (Å²) in [5, 5.41) is 4.70. The summed E-state index contributed by atoms with van der Waals surface area (Å²) < 4.78 is 3.88. The van der Waals surface area contributed by atoms with Crippen molar-refractivity contribution in [3.05, 3.63) is 45.4 Å². The second-order valence-electron chi connectivity index (χ2n) is 5.68. The molecule has 2 heterocycles. The number of benzene rings is 1. The fourth-order valence-corrected chi connectivity index (χ4v) is 3.66. The van der Waals surface area contributed by atoms with Gasteiger partial charge in [0.15, 0.2) is 0 Å². The van der Waals surface area contributed by atoms with Crippen molar-refractivity contribution in [2.24, 2.45) is 0 Å². The topological polar surface area (TPSA) is 46.1 Å². The lowest BCUT2D eigenvalue weighted by atomic mass is 9.94. The number of amides is 1. The van der Waals surface area contributed by atoms with Gasteiger partial charge in [-0.3, -0.25) is 4.79 Å². The normalized spacial score (nSPS) is 19.0. The number of aromatic nitrogens is 2. The second-order valence-corrected chi connectivity index (χ2v) is 6.87. The van der Waals surface area contributed by atoms with Crippen LogP contribution in [0.5, 0.6) is 0 Å². The minimum atomic E-state index is 0.0633. The lowest BCUT2D eigenvalue weighted by molar-refractivity contribution is 0.0758. The van der Waals surface area contributed by atoms with Crippen LogP contribution in [0, 0.1) is 6.92 Å². The molecular formula is C16H18ClN3OS. The zero-order valence-electron chi connectivity index (χ0n) is 12.5. The third-order valence-electron chi connectivity index (χ3n) is 4.15. The van der Waals surface area contributed by atoms with Crippen molar-refractivity contribution in [3.8, 4) is 0 Å². The molecule has 6 heteroatoms. The molecule has 0 N–H and O–H groups in total. The van der Waals surface area contributed by atoms with Crippen molar-refractivity contribution in [3.63, 3.8) is 0 Å². The fourth-order valence-electron chi connectivity index (χ4n) is 2.90. The van der Waals surface area contributed by atoms with E-state index in [-0.39, 0.29) is 5.91 Å². The highest BCUT2D eigenvalue weighted by molar-refractivity contribution is 7.07. The summed E-state index contributed by atoms with van der Waals surface area (Å²) >= 11 is 7.16. The van der Waals surface area contributed by atoms with Gasteiger partial charge in [-0.15, -0.1) is 5.10 Å². The Labute approximate surface area is 139 Å². The summed E-state index contributed by atoms with van der Waals surface area (Å²) in [6, 6.07) is 7.98. The zero-order chi connectivity index (χ0) is 15.5. The second kappa shape index (κ2) is 6.75. The Hall–Kier alpha value is -1.46. The quantitative estimate of drug-likeness (QED) is 0.835. The molecule has 1 aromatic heterocycles. The molecule has 22 heavy (non-hydrogen) atoms. The van der Waals surface area contributed by atoms with Crippen molar-refractivity contribution in [1.29, 1.82) is 0 Å². The number of nitrogens with zero attached hydrogens (tertiary/aromatic N) is 3. The summed E-state index contributed by atoms with van der Waals surface area (Å²) in [7, 11) is 0. The summed E-state index contributed by atoms with van der Waals surface area (Å²) in [6.07, 6.45) is 3.28. The number of likely N-dealkylation sites (tertiary alicyclic amines) is 1. The molecule has 1 aliphatic rings. The first kappa shape index (κ1) is 15.4. The zero-order valence-corrected chi connectivity index (χ0v) is 14.0. The molecule has 0 spiro atoms. The molecule has 1 fully saturated rings. The van der Waals surface area contributed by atoms with Crippen LogP contribution in [0.2, 0.25) is 5.02 Å². The molecule has 0 saturated carbocycles. The van der Waals surface area contributed by atoms with E-state index >= 15 is 0 Å². The standard InChI is InChI=1S/C16H18ClN3OS/c1-11-15(22-19-18-11)16(21)20-9-3-2-4-13(10-20)12-5-7-14(17)8-6-12/h5-8,13H,2-4,9-10H2,1H3. The van der Waals surface area contributed by atoms with Crippen LogP contribution in [0.25, 0.3) is 0 Å². The maximum Gasteiger partial charge on any atom is 0.267 e. The smallest absolute Gasteiger partial charge is 0.267 e. The van der Waals surface area contributed by atoms with E-state index in [0.29, 0.717) is 10.8 Å². The summed E-state index contributed by atoms with van der Waals surface area (Å²) in [5.41, 5.74) is 1.98. The molecule has 0 aliphatic carbocycles. The molecule has 1 amide bonds. The van der Waals surface area contributed by atoms with E-state index < -0.39 is 0 Å². The van der Waals surface area contributed by atoms with Crippen LogP contribution in [0.3, 0.4) is 0 Å². The van der Waals surface area contributed by atoms with E-state index in [2.05, 4.69) is 21.7 Å². The molecule has 0 bridgehead atoms. The molecule has 1 aromatic carbocycles. The fraction of sp³-hybridized carbons (Fsp3) is 0.438. The SMILES string of the molecule is Cc1nnsc1C(=O)N1CCCCC(c2ccc(Cl)cc2)C1. The van der Waals surface area contributed by atoms with Crippen molar-refractivity contribution < 1.29 is 4.79 Å². The van der Waals surface area contributed by atoms with Gasteiger partial charge in [0.1, 0.15) is 4.88 Å². The number of carbonyl (C=O) groups is 1. The van der Waals surface area contributed by atoms with Gasteiger partial charge in [-0.05, 0) is 49.0 Å². The van der Waals surface area contributed by atoms with E-state index in [1.807, 2.05) is 24.0 Å². The van der Waals surface area contributed by atoms with Gasteiger partial charge in [0, 0.05) is 24.0 Å². The van der Waals surface area contributed by atoms with E-state index in [1.165, 1.54) is 17.1 Å². The van der Waals surface area contributed by atoms with Crippen LogP contribution in [0.15, 0.2) is 24.3 Å². The van der Waals surface area contributed by atoms with Crippen molar-refractivity contribution in [2.75, 3.05) is 13.1 Å². The van der Waals surface area contributed by atoms with E-state index in [0.717, 1.165) is 43.1 Å². The molecule has 3 rings (SSSR count). The van der Waals surface area contributed by atoms with E-state index in [1.54, 1.807) is 0 Å². The van der Waals surface area contributed by atoms with Gasteiger partial charge in [-0.25, -0.2) is 0 Å². The number of aryl methyl sites for hydroxylation is 1. The minimum Gasteiger partial charge on any atom is -0.337 e. The predicted molar refractivity (Wildman–Crippen MR) is 88.6 cm³/mol. The largest absolute Gasteiger partial charge is 0.337 e. The van der Waals surface area contributed by atoms with Gasteiger partial charge in [-0.1, -0.05) is 34.6 Å². The van der Waals surface area contributed by atoms with E-state index in [4.69, 9.17) is 11.6 Å². The average Bonchev–Trinajstić information content (AvgIpc) is 2.80. The third kappa shape index (κ3) is 3.31. The minimum absolute atomic E-state index is 0.0633. The number of halogens is 1. The Balaban J connectivity index is 1.79. The Morgan fingerprint density at radius 2 is 2.09 bits per heavy atom. The van der Waals surface area contributed by atoms with Gasteiger partial charge in [0.2, 0.25) is 0 Å². The molecule has 1 aliphatic heterocycles. The first-order valence-corrected chi connectivity index (χ1v) is 8.64. The number of hydrogen-bond acceptors (Lipinski definition) is 4. The Bertz CT molecular complexity index is 656. The van der Waals surface area contributed by atoms with Gasteiger partial charge >= 0.3 is 0 Å². The van der Waals surface area contributed by atoms with Crippen LogP contribution >= 0.6 is 23.1 Å². The van der Waals surface area contributed by atoms with Crippen molar-refractivity contribution in [2.45, 2.75) is 32.1 Å². The van der Waals surface area contributed by atoms with Gasteiger partial charge in [0.25, 0.3) is 5.91 Å². The molecule has 0 radical (unpaired) electrons. The van der Waals surface area contributed by atoms with Crippen molar-refractivity contribution >= 4 is 29.0 Å². The summed E-state index contributed by atoms with van der Waals surface area (Å²) in [6.45, 7) is 3.39. The highest BCUT2D eigenvalue weighted by Gasteiger charge is 2.26. The summed E-state index contributed by atoms with van der Waals surface area (Å²) in [4.78, 5) is 15.3. The molecular weight excluding hydrogens is 318 g/mol. The average molecular weight is 336 g/mol. The lowest BCUT2D eigenvalue weighted by Crippen LogP contribution is -2.34. The third-order valence-corrected chi connectivity index (χ3v) is 5.21. The lowest BCUT2D eigenvalue weighted by Gasteiger charge is -2.24. The van der Waals surface area contributed by atoms with Gasteiger partial charge < -0.3 is 4.90 Å². The van der Waals surface area contributed by atoms with Crippen molar-refractivity contribution in [1.82, 2.24) is 14.5 Å². The summed E-state index contributed by atoms with van der Waals surface area (Å²) in [5.74, 6) is 0.429. The van der Waals surface area contributed by atoms with Crippen LogP contribution in [0.1, 0.15) is 46.1 Å². The van der Waals surface area contributed by atoms with Crippen LogP contribution in [-0.2, 0) is 0 Å². The molecule has 4 nitrogen and oxygen atoms in total. The maximum absolute atomic E-state index is 12.7. The Kier molecular flexibility index (Phi) is 4.74. The molecule has 116 valence electrons. The van der Waals surface area contributed by atoms with Gasteiger partial charge in [0.05, 0.1) is 5.69 Å². The number of hydrogen-bond donors (Lipinski definition) is 0. The van der Waals surface area contributed by atoms with E-state index in [9.17, 15) is 4.79 Å². The highest BCUT2D eigenvalue weighted by atomic mass is 35.5. The first-order chi connectivity index (χ1) is 10.6. The molecule has 2 aromatic rings. The molecule has 1 atom stereocenters. The highest BCUT2D eigenvalue weighted by Crippen LogP contribution is 2.28. The van der Waals surface area contributed by atoms with Gasteiger partial charge in [-0.2, -0.15) is 0 Å². The van der Waals surface area contributed by atoms with Crippen LogP contribution < -0.4 is 0 Å². The van der Waals surface area contributed by atoms with Crippen LogP contribution in [0.4, 0.5) is 0 Å². The predicted octanol–water partition coefficient (Wildman–Crippen LogP) is 3.91. The maximum atomic E-state index is 12.7. The monoisotopic (exact) mass is 335 g/mol. The molecule has 1 saturated heterocycles. The number of rotatable bonds is 2. The van der Waals surface area contributed by atoms with Crippen LogP contribution in [-0.4, -0.2) is 33.5 Å². The number of carbonyl (C=O) groups excluding carboxylic acids is 1. The Morgan fingerprint density at radius 1 is 1.32 bits per heavy atom. The molecule has 1 unspecified atom stereocenters.